The molecule has 4 nitrogen and oxygen atoms in total. The Hall–Kier alpha value is -2.36. The first-order chi connectivity index (χ1) is 10.6. The Morgan fingerprint density at radius 3 is 2.95 bits per heavy atom. The van der Waals surface area contributed by atoms with Gasteiger partial charge in [0.2, 0.25) is 0 Å². The SMILES string of the molecule is CC(C)CNc1ccnc(C(=O)N2CCc3ccccc32)c1. The topological polar surface area (TPSA) is 45.2 Å². The summed E-state index contributed by atoms with van der Waals surface area (Å²) in [7, 11) is 0. The summed E-state index contributed by atoms with van der Waals surface area (Å²) in [6.07, 6.45) is 2.60. The maximum Gasteiger partial charge on any atom is 0.276 e. The van der Waals surface area contributed by atoms with E-state index in [1.54, 1.807) is 6.20 Å². The van der Waals surface area contributed by atoms with Crippen LogP contribution in [0, 0.1) is 5.92 Å². The number of aromatic nitrogens is 1. The predicted octanol–water partition coefficient (Wildman–Crippen LogP) is 3.35. The van der Waals surface area contributed by atoms with Gasteiger partial charge in [0.1, 0.15) is 5.69 Å². The Balaban J connectivity index is 1.80. The zero-order valence-electron chi connectivity index (χ0n) is 13.0. The molecule has 0 radical (unpaired) electrons. The molecule has 0 saturated heterocycles. The second kappa shape index (κ2) is 6.18. The maximum absolute atomic E-state index is 12.7. The summed E-state index contributed by atoms with van der Waals surface area (Å²) < 4.78 is 0. The third kappa shape index (κ3) is 2.96. The van der Waals surface area contributed by atoms with Gasteiger partial charge < -0.3 is 10.2 Å². The Morgan fingerprint density at radius 1 is 1.32 bits per heavy atom. The lowest BCUT2D eigenvalue weighted by Crippen LogP contribution is -2.29. The van der Waals surface area contributed by atoms with Crippen molar-refractivity contribution in [2.45, 2.75) is 20.3 Å². The maximum atomic E-state index is 12.7. The van der Waals surface area contributed by atoms with Crippen LogP contribution in [0.25, 0.3) is 0 Å². The number of nitrogens with one attached hydrogen (secondary N) is 1. The molecule has 2 aromatic rings. The normalized spacial score (nSPS) is 13.3. The van der Waals surface area contributed by atoms with Gasteiger partial charge in [0.25, 0.3) is 5.91 Å². The van der Waals surface area contributed by atoms with Crippen LogP contribution in [0.2, 0.25) is 0 Å². The fraction of sp³-hybridized carbons (Fsp3) is 0.333. The van der Waals surface area contributed by atoms with Crippen molar-refractivity contribution in [1.82, 2.24) is 4.98 Å². The number of nitrogens with zero attached hydrogens (tertiary/aromatic N) is 2. The van der Waals surface area contributed by atoms with E-state index in [9.17, 15) is 4.79 Å². The number of pyridine rings is 1. The van der Waals surface area contributed by atoms with Gasteiger partial charge in [-0.05, 0) is 36.1 Å². The number of hydrogen-bond acceptors (Lipinski definition) is 3. The van der Waals surface area contributed by atoms with Gasteiger partial charge in [-0.3, -0.25) is 9.78 Å². The highest BCUT2D eigenvalue weighted by Gasteiger charge is 2.25. The molecule has 3 rings (SSSR count). The minimum Gasteiger partial charge on any atom is -0.385 e. The van der Waals surface area contributed by atoms with Crippen LogP contribution in [0.5, 0.6) is 0 Å². The van der Waals surface area contributed by atoms with Gasteiger partial charge in [0.15, 0.2) is 0 Å². The number of benzene rings is 1. The molecule has 0 saturated carbocycles. The summed E-state index contributed by atoms with van der Waals surface area (Å²) in [6.45, 7) is 5.91. The van der Waals surface area contributed by atoms with Crippen LogP contribution in [0.3, 0.4) is 0 Å². The highest BCUT2D eigenvalue weighted by molar-refractivity contribution is 6.06. The number of fused-ring (bicyclic) bond motifs is 1. The van der Waals surface area contributed by atoms with E-state index >= 15 is 0 Å². The van der Waals surface area contributed by atoms with Crippen molar-refractivity contribution in [1.29, 1.82) is 0 Å². The zero-order valence-corrected chi connectivity index (χ0v) is 13.0. The summed E-state index contributed by atoms with van der Waals surface area (Å²) in [5.74, 6) is 0.524. The van der Waals surface area contributed by atoms with Gasteiger partial charge in [-0.1, -0.05) is 32.0 Å². The van der Waals surface area contributed by atoms with E-state index in [4.69, 9.17) is 0 Å². The number of hydrogen-bond donors (Lipinski definition) is 1. The molecule has 0 atom stereocenters. The average molecular weight is 295 g/mol. The number of carbonyl (C=O) groups excluding carboxylic acids is 1. The number of carbonyl (C=O) groups is 1. The van der Waals surface area contributed by atoms with Crippen molar-refractivity contribution in [3.8, 4) is 0 Å². The van der Waals surface area contributed by atoms with E-state index in [1.807, 2.05) is 35.2 Å². The summed E-state index contributed by atoms with van der Waals surface area (Å²) in [6, 6.07) is 11.8. The lowest BCUT2D eigenvalue weighted by atomic mass is 10.2. The fourth-order valence-electron chi connectivity index (χ4n) is 2.67. The van der Waals surface area contributed by atoms with Crippen molar-refractivity contribution < 1.29 is 4.79 Å². The van der Waals surface area contributed by atoms with Gasteiger partial charge in [-0.25, -0.2) is 0 Å². The summed E-state index contributed by atoms with van der Waals surface area (Å²) in [5.41, 5.74) is 3.67. The van der Waals surface area contributed by atoms with Crippen molar-refractivity contribution in [3.05, 3.63) is 53.9 Å². The van der Waals surface area contributed by atoms with Crippen molar-refractivity contribution >= 4 is 17.3 Å². The molecule has 1 amide bonds. The Bertz CT molecular complexity index is 682. The molecule has 1 N–H and O–H groups in total. The molecule has 2 heterocycles. The lowest BCUT2D eigenvalue weighted by molar-refractivity contribution is 0.0984. The van der Waals surface area contributed by atoms with Gasteiger partial charge in [0.05, 0.1) is 0 Å². The van der Waals surface area contributed by atoms with E-state index in [0.29, 0.717) is 11.6 Å². The molecule has 114 valence electrons. The standard InChI is InChI=1S/C18H21N3O/c1-13(2)12-20-15-7-9-19-16(11-15)18(22)21-10-8-14-5-3-4-6-17(14)21/h3-7,9,11,13H,8,10,12H2,1-2H3,(H,19,20). The van der Waals surface area contributed by atoms with Crippen molar-refractivity contribution in [2.24, 2.45) is 5.92 Å². The second-order valence-corrected chi connectivity index (χ2v) is 6.04. The lowest BCUT2D eigenvalue weighted by Gasteiger charge is -2.17. The van der Waals surface area contributed by atoms with Gasteiger partial charge in [0, 0.05) is 30.7 Å². The van der Waals surface area contributed by atoms with E-state index in [2.05, 4.69) is 30.2 Å². The van der Waals surface area contributed by atoms with E-state index in [1.165, 1.54) is 5.56 Å². The van der Waals surface area contributed by atoms with E-state index in [0.717, 1.165) is 30.9 Å². The fourth-order valence-corrected chi connectivity index (χ4v) is 2.67. The minimum atomic E-state index is -0.0295. The zero-order chi connectivity index (χ0) is 15.5. The molecule has 0 bridgehead atoms. The van der Waals surface area contributed by atoms with Gasteiger partial charge in [-0.2, -0.15) is 0 Å². The van der Waals surface area contributed by atoms with Crippen LogP contribution in [-0.4, -0.2) is 24.0 Å². The molecule has 1 aromatic carbocycles. The molecule has 1 aromatic heterocycles. The Labute approximate surface area is 131 Å². The highest BCUT2D eigenvalue weighted by Crippen LogP contribution is 2.28. The number of rotatable bonds is 4. The molecule has 0 aliphatic carbocycles. The molecular formula is C18H21N3O. The van der Waals surface area contributed by atoms with E-state index in [-0.39, 0.29) is 5.91 Å². The van der Waals surface area contributed by atoms with Gasteiger partial charge in [-0.15, -0.1) is 0 Å². The average Bonchev–Trinajstić information content (AvgIpc) is 2.96. The summed E-state index contributed by atoms with van der Waals surface area (Å²) in [5, 5.41) is 3.34. The number of para-hydroxylation sites is 1. The monoisotopic (exact) mass is 295 g/mol. The third-order valence-corrected chi connectivity index (χ3v) is 3.83. The predicted molar refractivity (Wildman–Crippen MR) is 89.4 cm³/mol. The molecule has 0 fully saturated rings. The molecular weight excluding hydrogens is 274 g/mol. The Morgan fingerprint density at radius 2 is 2.14 bits per heavy atom. The summed E-state index contributed by atoms with van der Waals surface area (Å²) in [4.78, 5) is 18.8. The largest absolute Gasteiger partial charge is 0.385 e. The van der Waals surface area contributed by atoms with Crippen molar-refractivity contribution in [3.63, 3.8) is 0 Å². The highest BCUT2D eigenvalue weighted by atomic mass is 16.2. The molecule has 0 spiro atoms. The first-order valence-corrected chi connectivity index (χ1v) is 7.75. The molecule has 4 heteroatoms. The first kappa shape index (κ1) is 14.6. The Kier molecular flexibility index (Phi) is 4.09. The van der Waals surface area contributed by atoms with Crippen LogP contribution in [0.4, 0.5) is 11.4 Å². The number of anilines is 2. The van der Waals surface area contributed by atoms with Crippen LogP contribution >= 0.6 is 0 Å². The van der Waals surface area contributed by atoms with E-state index < -0.39 is 0 Å². The first-order valence-electron chi connectivity index (χ1n) is 7.75. The van der Waals surface area contributed by atoms with Crippen LogP contribution in [-0.2, 0) is 6.42 Å². The minimum absolute atomic E-state index is 0.0295. The third-order valence-electron chi connectivity index (χ3n) is 3.83. The quantitative estimate of drug-likeness (QED) is 0.941. The second-order valence-electron chi connectivity index (χ2n) is 6.04. The molecule has 0 unspecified atom stereocenters. The molecule has 22 heavy (non-hydrogen) atoms. The molecule has 1 aliphatic rings. The van der Waals surface area contributed by atoms with Crippen LogP contribution < -0.4 is 10.2 Å². The van der Waals surface area contributed by atoms with Gasteiger partial charge >= 0.3 is 0 Å². The number of amides is 1. The smallest absolute Gasteiger partial charge is 0.276 e. The van der Waals surface area contributed by atoms with Crippen LogP contribution in [0.15, 0.2) is 42.6 Å². The molecule has 1 aliphatic heterocycles. The summed E-state index contributed by atoms with van der Waals surface area (Å²) >= 11 is 0. The van der Waals surface area contributed by atoms with Crippen molar-refractivity contribution in [2.75, 3.05) is 23.3 Å². The van der Waals surface area contributed by atoms with Crippen LogP contribution in [0.1, 0.15) is 29.9 Å².